The second kappa shape index (κ2) is 8.87. The number of aryl methyl sites for hydroxylation is 2. The molecule has 1 aliphatic rings. The normalized spacial score (nSPS) is 14.3. The van der Waals surface area contributed by atoms with E-state index in [2.05, 4.69) is 0 Å². The summed E-state index contributed by atoms with van der Waals surface area (Å²) in [5.74, 6) is -0.0327. The van der Waals surface area contributed by atoms with E-state index in [-0.39, 0.29) is 17.1 Å². The largest absolute Gasteiger partial charge is 0.491 e. The van der Waals surface area contributed by atoms with Crippen LogP contribution in [-0.4, -0.2) is 23.7 Å². The van der Waals surface area contributed by atoms with Crippen LogP contribution in [0.4, 0.5) is 5.69 Å². The summed E-state index contributed by atoms with van der Waals surface area (Å²) in [6.45, 7) is 10.6. The van der Waals surface area contributed by atoms with E-state index in [1.807, 2.05) is 65.0 Å². The summed E-state index contributed by atoms with van der Waals surface area (Å²) in [6, 6.07) is 13.1. The quantitative estimate of drug-likeness (QED) is 0.565. The fraction of sp³-hybridized carbons (Fsp3) is 0.333. The van der Waals surface area contributed by atoms with Gasteiger partial charge in [-0.25, -0.2) is 4.90 Å². The van der Waals surface area contributed by atoms with E-state index in [0.29, 0.717) is 28.5 Å². The van der Waals surface area contributed by atoms with Crippen LogP contribution in [0.3, 0.4) is 0 Å². The molecule has 2 aromatic carbocycles. The van der Waals surface area contributed by atoms with Crippen molar-refractivity contribution in [2.24, 2.45) is 0 Å². The second-order valence-corrected chi connectivity index (χ2v) is 9.02. The lowest BCUT2D eigenvalue weighted by Gasteiger charge is -2.19. The first-order valence-electron chi connectivity index (χ1n) is 9.94. The number of hydrogen-bond acceptors (Lipinski definition) is 4. The second-order valence-electron chi connectivity index (χ2n) is 7.43. The summed E-state index contributed by atoms with van der Waals surface area (Å²) in [7, 11) is 0. The molecule has 0 unspecified atom stereocenters. The summed E-state index contributed by atoms with van der Waals surface area (Å²) < 4.78 is 5.82. The highest BCUT2D eigenvalue weighted by molar-refractivity contribution is 8.04. The first kappa shape index (κ1) is 21.2. The fourth-order valence-electron chi connectivity index (χ4n) is 3.20. The molecule has 5 heteroatoms. The van der Waals surface area contributed by atoms with Gasteiger partial charge in [-0.3, -0.25) is 9.59 Å². The van der Waals surface area contributed by atoms with Crippen molar-refractivity contribution in [1.82, 2.24) is 0 Å². The highest BCUT2D eigenvalue weighted by Crippen LogP contribution is 2.42. The fourth-order valence-corrected chi connectivity index (χ4v) is 4.19. The van der Waals surface area contributed by atoms with Crippen molar-refractivity contribution >= 4 is 34.8 Å². The molecule has 152 valence electrons. The van der Waals surface area contributed by atoms with Crippen LogP contribution >= 0.6 is 11.8 Å². The minimum Gasteiger partial charge on any atom is -0.491 e. The SMILES string of the molecule is CCCOc1ccccc1N1C(=O)C(SC(C)C)=C(c2ccc(C)c(C)c2)C1=O. The Bertz CT molecular complexity index is 978. The number of carbonyl (C=O) groups is 2. The van der Waals surface area contributed by atoms with Crippen molar-refractivity contribution in [1.29, 1.82) is 0 Å². The van der Waals surface area contributed by atoms with Crippen molar-refractivity contribution in [3.63, 3.8) is 0 Å². The van der Waals surface area contributed by atoms with Crippen molar-refractivity contribution in [3.05, 3.63) is 64.1 Å². The lowest BCUT2D eigenvalue weighted by atomic mass is 10.0. The average molecular weight is 410 g/mol. The van der Waals surface area contributed by atoms with Crippen LogP contribution in [0.1, 0.15) is 43.9 Å². The number of anilines is 1. The topological polar surface area (TPSA) is 46.6 Å². The summed E-state index contributed by atoms with van der Waals surface area (Å²) in [5, 5.41) is 0.176. The number of nitrogens with zero attached hydrogens (tertiary/aromatic N) is 1. The van der Waals surface area contributed by atoms with E-state index in [4.69, 9.17) is 4.74 Å². The summed E-state index contributed by atoms with van der Waals surface area (Å²) in [5.41, 5.74) is 4.00. The minimum atomic E-state index is -0.297. The molecule has 0 fully saturated rings. The zero-order valence-corrected chi connectivity index (χ0v) is 18.4. The minimum absolute atomic E-state index is 0.176. The third-order valence-corrected chi connectivity index (χ3v) is 5.84. The van der Waals surface area contributed by atoms with Crippen molar-refractivity contribution in [3.8, 4) is 5.75 Å². The van der Waals surface area contributed by atoms with Gasteiger partial charge >= 0.3 is 0 Å². The Labute approximate surface area is 176 Å². The number of thioether (sulfide) groups is 1. The van der Waals surface area contributed by atoms with Gasteiger partial charge in [-0.15, -0.1) is 11.8 Å². The number of rotatable bonds is 7. The van der Waals surface area contributed by atoms with E-state index in [1.165, 1.54) is 16.7 Å². The highest BCUT2D eigenvalue weighted by atomic mass is 32.2. The van der Waals surface area contributed by atoms with Gasteiger partial charge in [0.15, 0.2) is 0 Å². The lowest BCUT2D eigenvalue weighted by Crippen LogP contribution is -2.31. The predicted octanol–water partition coefficient (Wildman–Crippen LogP) is 5.52. The van der Waals surface area contributed by atoms with Gasteiger partial charge in [0.2, 0.25) is 0 Å². The maximum atomic E-state index is 13.5. The monoisotopic (exact) mass is 409 g/mol. The number of hydrogen-bond donors (Lipinski definition) is 0. The molecule has 0 bridgehead atoms. The molecule has 0 saturated heterocycles. The molecular weight excluding hydrogens is 382 g/mol. The summed E-state index contributed by atoms with van der Waals surface area (Å²) in [4.78, 5) is 28.7. The van der Waals surface area contributed by atoms with Crippen LogP contribution in [0.2, 0.25) is 0 Å². The third kappa shape index (κ3) is 4.25. The smallest absolute Gasteiger partial charge is 0.272 e. The molecule has 2 aromatic rings. The lowest BCUT2D eigenvalue weighted by molar-refractivity contribution is -0.119. The molecule has 1 aliphatic heterocycles. The van der Waals surface area contributed by atoms with E-state index >= 15 is 0 Å². The van der Waals surface area contributed by atoms with E-state index in [0.717, 1.165) is 23.1 Å². The molecule has 0 aliphatic carbocycles. The summed E-state index contributed by atoms with van der Waals surface area (Å²) >= 11 is 1.44. The first-order chi connectivity index (χ1) is 13.8. The van der Waals surface area contributed by atoms with Crippen molar-refractivity contribution < 1.29 is 14.3 Å². The zero-order chi connectivity index (χ0) is 21.1. The third-order valence-electron chi connectivity index (χ3n) is 4.76. The number of carbonyl (C=O) groups excluding carboxylic acids is 2. The van der Waals surface area contributed by atoms with Crippen molar-refractivity contribution in [2.75, 3.05) is 11.5 Å². The molecule has 0 N–H and O–H groups in total. The van der Waals surface area contributed by atoms with Crippen LogP contribution in [0.25, 0.3) is 5.57 Å². The molecule has 3 rings (SSSR count). The van der Waals surface area contributed by atoms with Crippen LogP contribution in [-0.2, 0) is 9.59 Å². The van der Waals surface area contributed by atoms with Gasteiger partial charge in [-0.05, 0) is 49.1 Å². The Morgan fingerprint density at radius 3 is 2.38 bits per heavy atom. The first-order valence-corrected chi connectivity index (χ1v) is 10.8. The molecule has 1 heterocycles. The number of benzene rings is 2. The molecule has 0 radical (unpaired) electrons. The maximum Gasteiger partial charge on any atom is 0.272 e. The standard InChI is InChI=1S/C24H27NO3S/c1-6-13-28-20-10-8-7-9-19(20)25-23(26)21(22(24(25)27)29-15(2)3)18-12-11-16(4)17(5)14-18/h7-12,14-15H,6,13H2,1-5H3. The Morgan fingerprint density at radius 1 is 1.00 bits per heavy atom. The zero-order valence-electron chi connectivity index (χ0n) is 17.6. The molecule has 0 atom stereocenters. The molecule has 29 heavy (non-hydrogen) atoms. The van der Waals surface area contributed by atoms with E-state index in [1.54, 1.807) is 12.1 Å². The van der Waals surface area contributed by atoms with E-state index in [9.17, 15) is 9.59 Å². The van der Waals surface area contributed by atoms with Crippen LogP contribution in [0.5, 0.6) is 5.75 Å². The average Bonchev–Trinajstić information content (AvgIpc) is 2.92. The van der Waals surface area contributed by atoms with Gasteiger partial charge in [0, 0.05) is 5.25 Å². The number of para-hydroxylation sites is 2. The molecule has 0 spiro atoms. The Hall–Kier alpha value is -2.53. The summed E-state index contributed by atoms with van der Waals surface area (Å²) in [6.07, 6.45) is 0.844. The van der Waals surface area contributed by atoms with Crippen LogP contribution in [0.15, 0.2) is 47.4 Å². The molecular formula is C24H27NO3S. The van der Waals surface area contributed by atoms with Crippen LogP contribution < -0.4 is 9.64 Å². The van der Waals surface area contributed by atoms with Gasteiger partial charge < -0.3 is 4.74 Å². The molecule has 2 amide bonds. The predicted molar refractivity (Wildman–Crippen MR) is 120 cm³/mol. The number of amides is 2. The molecule has 4 nitrogen and oxygen atoms in total. The highest BCUT2D eigenvalue weighted by Gasteiger charge is 2.41. The van der Waals surface area contributed by atoms with Crippen LogP contribution in [0, 0.1) is 13.8 Å². The van der Waals surface area contributed by atoms with Gasteiger partial charge in [-0.2, -0.15) is 0 Å². The Balaban J connectivity index is 2.10. The van der Waals surface area contributed by atoms with Crippen molar-refractivity contribution in [2.45, 2.75) is 46.3 Å². The number of ether oxygens (including phenoxy) is 1. The Kier molecular flexibility index (Phi) is 6.48. The van der Waals surface area contributed by atoms with Gasteiger partial charge in [0.05, 0.1) is 22.8 Å². The van der Waals surface area contributed by atoms with Gasteiger partial charge in [0.25, 0.3) is 11.8 Å². The van der Waals surface area contributed by atoms with E-state index < -0.39 is 0 Å². The molecule has 0 saturated carbocycles. The number of imide groups is 1. The molecule has 0 aromatic heterocycles. The maximum absolute atomic E-state index is 13.5. The van der Waals surface area contributed by atoms with Gasteiger partial charge in [0.1, 0.15) is 5.75 Å². The Morgan fingerprint density at radius 2 is 1.72 bits per heavy atom. The van der Waals surface area contributed by atoms with Gasteiger partial charge in [-0.1, -0.05) is 51.1 Å².